The first kappa shape index (κ1) is 18.2. The van der Waals surface area contributed by atoms with E-state index in [0.29, 0.717) is 35.9 Å². The molecule has 1 aromatic carbocycles. The standard InChI is InChI=1S/C17H27NO4S/c1-5-9-22-15-7-6-8-18(12-15)23(19,20)17-11-13(2)16(21-4)10-14(17)3/h10-11,15H,5-9,12H2,1-4H3. The molecular formula is C17H27NO4S. The zero-order chi connectivity index (χ0) is 17.0. The van der Waals surface area contributed by atoms with E-state index >= 15 is 0 Å². The summed E-state index contributed by atoms with van der Waals surface area (Å²) in [5.41, 5.74) is 1.54. The van der Waals surface area contributed by atoms with Crippen LogP contribution in [0.1, 0.15) is 37.3 Å². The molecule has 0 aliphatic carbocycles. The Bertz CT molecular complexity index is 642. The summed E-state index contributed by atoms with van der Waals surface area (Å²) < 4.78 is 38.6. The van der Waals surface area contributed by atoms with Crippen LogP contribution in [0.3, 0.4) is 0 Å². The minimum Gasteiger partial charge on any atom is -0.496 e. The largest absolute Gasteiger partial charge is 0.496 e. The molecule has 5 nitrogen and oxygen atoms in total. The van der Waals surface area contributed by atoms with E-state index in [0.717, 1.165) is 24.8 Å². The smallest absolute Gasteiger partial charge is 0.243 e. The average Bonchev–Trinajstić information content (AvgIpc) is 2.54. The zero-order valence-electron chi connectivity index (χ0n) is 14.5. The van der Waals surface area contributed by atoms with Crippen molar-refractivity contribution in [2.24, 2.45) is 0 Å². The molecule has 6 heteroatoms. The third-order valence-electron chi connectivity index (χ3n) is 4.21. The predicted octanol–water partition coefficient (Wildman–Crippen LogP) is 2.89. The van der Waals surface area contributed by atoms with Gasteiger partial charge in [0, 0.05) is 19.7 Å². The number of sulfonamides is 1. The first-order valence-electron chi connectivity index (χ1n) is 8.17. The lowest BCUT2D eigenvalue weighted by molar-refractivity contribution is 0.0193. The van der Waals surface area contributed by atoms with Crippen LogP contribution in [-0.4, -0.2) is 45.6 Å². The Morgan fingerprint density at radius 3 is 2.65 bits per heavy atom. The highest BCUT2D eigenvalue weighted by atomic mass is 32.2. The van der Waals surface area contributed by atoms with Gasteiger partial charge >= 0.3 is 0 Å². The van der Waals surface area contributed by atoms with Gasteiger partial charge in [-0.1, -0.05) is 6.92 Å². The summed E-state index contributed by atoms with van der Waals surface area (Å²) in [6.07, 6.45) is 2.70. The van der Waals surface area contributed by atoms with E-state index in [2.05, 4.69) is 6.92 Å². The molecule has 23 heavy (non-hydrogen) atoms. The summed E-state index contributed by atoms with van der Waals surface area (Å²) in [6.45, 7) is 7.40. The Hall–Kier alpha value is -1.11. The van der Waals surface area contributed by atoms with Crippen molar-refractivity contribution in [1.82, 2.24) is 4.31 Å². The first-order chi connectivity index (χ1) is 10.9. The number of hydrogen-bond donors (Lipinski definition) is 0. The third-order valence-corrected chi connectivity index (χ3v) is 6.22. The Balaban J connectivity index is 2.26. The van der Waals surface area contributed by atoms with Gasteiger partial charge in [-0.05, 0) is 56.4 Å². The van der Waals surface area contributed by atoms with Gasteiger partial charge in [0.05, 0.1) is 18.1 Å². The molecule has 1 aliphatic heterocycles. The van der Waals surface area contributed by atoms with Gasteiger partial charge < -0.3 is 9.47 Å². The van der Waals surface area contributed by atoms with Gasteiger partial charge in [-0.3, -0.25) is 0 Å². The normalized spacial score (nSPS) is 19.7. The van der Waals surface area contributed by atoms with E-state index in [4.69, 9.17) is 9.47 Å². The molecule has 130 valence electrons. The van der Waals surface area contributed by atoms with Crippen molar-refractivity contribution in [3.05, 3.63) is 23.3 Å². The van der Waals surface area contributed by atoms with Crippen LogP contribution in [0.4, 0.5) is 0 Å². The molecule has 1 heterocycles. The van der Waals surface area contributed by atoms with Gasteiger partial charge in [-0.15, -0.1) is 0 Å². The highest BCUT2D eigenvalue weighted by molar-refractivity contribution is 7.89. The highest BCUT2D eigenvalue weighted by Gasteiger charge is 2.32. The number of rotatable bonds is 6. The molecule has 0 radical (unpaired) electrons. The molecule has 1 atom stereocenters. The average molecular weight is 341 g/mol. The lowest BCUT2D eigenvalue weighted by Crippen LogP contribution is -2.43. The molecule has 1 aliphatic rings. The molecule has 1 fully saturated rings. The zero-order valence-corrected chi connectivity index (χ0v) is 15.3. The van der Waals surface area contributed by atoms with Crippen LogP contribution in [0, 0.1) is 13.8 Å². The second kappa shape index (κ2) is 7.64. The fourth-order valence-corrected chi connectivity index (χ4v) is 4.75. The Morgan fingerprint density at radius 2 is 2.00 bits per heavy atom. The fraction of sp³-hybridized carbons (Fsp3) is 0.647. The van der Waals surface area contributed by atoms with Crippen LogP contribution in [-0.2, 0) is 14.8 Å². The van der Waals surface area contributed by atoms with E-state index in [1.165, 1.54) is 0 Å². The minimum atomic E-state index is -3.50. The van der Waals surface area contributed by atoms with Crippen LogP contribution in [0.5, 0.6) is 5.75 Å². The summed E-state index contributed by atoms with van der Waals surface area (Å²) in [7, 11) is -1.91. The number of piperidine rings is 1. The van der Waals surface area contributed by atoms with Crippen molar-refractivity contribution in [3.8, 4) is 5.75 Å². The van der Waals surface area contributed by atoms with Crippen LogP contribution >= 0.6 is 0 Å². The maximum Gasteiger partial charge on any atom is 0.243 e. The number of aryl methyl sites for hydroxylation is 2. The molecule has 1 saturated heterocycles. The molecule has 1 unspecified atom stereocenters. The number of ether oxygens (including phenoxy) is 2. The van der Waals surface area contributed by atoms with Gasteiger partial charge in [0.25, 0.3) is 0 Å². The summed E-state index contributed by atoms with van der Waals surface area (Å²) in [6, 6.07) is 3.50. The van der Waals surface area contributed by atoms with Gasteiger partial charge in [-0.2, -0.15) is 4.31 Å². The van der Waals surface area contributed by atoms with E-state index < -0.39 is 10.0 Å². The van der Waals surface area contributed by atoms with E-state index in [-0.39, 0.29) is 6.10 Å². The molecule has 0 spiro atoms. The molecule has 0 N–H and O–H groups in total. The second-order valence-corrected chi connectivity index (χ2v) is 7.99. The predicted molar refractivity (Wildman–Crippen MR) is 90.5 cm³/mol. The molecule has 1 aromatic rings. The second-order valence-electron chi connectivity index (χ2n) is 6.09. The van der Waals surface area contributed by atoms with Crippen molar-refractivity contribution in [2.75, 3.05) is 26.8 Å². The topological polar surface area (TPSA) is 55.8 Å². The lowest BCUT2D eigenvalue weighted by atomic mass is 10.1. The van der Waals surface area contributed by atoms with E-state index in [9.17, 15) is 8.42 Å². The minimum absolute atomic E-state index is 0.00173. The van der Waals surface area contributed by atoms with Gasteiger partial charge in [0.2, 0.25) is 10.0 Å². The summed E-state index contributed by atoms with van der Waals surface area (Å²) in [5, 5.41) is 0. The summed E-state index contributed by atoms with van der Waals surface area (Å²) in [4.78, 5) is 0.368. The number of nitrogens with zero attached hydrogens (tertiary/aromatic N) is 1. The van der Waals surface area contributed by atoms with Gasteiger partial charge in [-0.25, -0.2) is 8.42 Å². The summed E-state index contributed by atoms with van der Waals surface area (Å²) >= 11 is 0. The number of methoxy groups -OCH3 is 1. The number of hydrogen-bond acceptors (Lipinski definition) is 4. The maximum absolute atomic E-state index is 13.0. The molecule has 0 saturated carbocycles. The molecule has 0 aromatic heterocycles. The van der Waals surface area contributed by atoms with Crippen LogP contribution in [0.2, 0.25) is 0 Å². The van der Waals surface area contributed by atoms with Crippen LogP contribution in [0.25, 0.3) is 0 Å². The fourth-order valence-electron chi connectivity index (χ4n) is 2.94. The Kier molecular flexibility index (Phi) is 6.06. The molecule has 0 bridgehead atoms. The van der Waals surface area contributed by atoms with Crippen LogP contribution in [0.15, 0.2) is 17.0 Å². The van der Waals surface area contributed by atoms with E-state index in [1.54, 1.807) is 23.5 Å². The molecule has 2 rings (SSSR count). The quantitative estimate of drug-likeness (QED) is 0.798. The Labute approximate surface area is 139 Å². The highest BCUT2D eigenvalue weighted by Crippen LogP contribution is 2.29. The number of benzene rings is 1. The summed E-state index contributed by atoms with van der Waals surface area (Å²) in [5.74, 6) is 0.712. The Morgan fingerprint density at radius 1 is 1.26 bits per heavy atom. The van der Waals surface area contributed by atoms with Gasteiger partial charge in [0.1, 0.15) is 5.75 Å². The monoisotopic (exact) mass is 341 g/mol. The lowest BCUT2D eigenvalue weighted by Gasteiger charge is -2.32. The van der Waals surface area contributed by atoms with Crippen molar-refractivity contribution >= 4 is 10.0 Å². The molecule has 0 amide bonds. The van der Waals surface area contributed by atoms with Crippen molar-refractivity contribution in [3.63, 3.8) is 0 Å². The third kappa shape index (κ3) is 4.05. The van der Waals surface area contributed by atoms with Crippen molar-refractivity contribution < 1.29 is 17.9 Å². The van der Waals surface area contributed by atoms with Gasteiger partial charge in [0.15, 0.2) is 0 Å². The van der Waals surface area contributed by atoms with Crippen LogP contribution < -0.4 is 4.74 Å². The van der Waals surface area contributed by atoms with Crippen molar-refractivity contribution in [1.29, 1.82) is 0 Å². The first-order valence-corrected chi connectivity index (χ1v) is 9.61. The maximum atomic E-state index is 13.0. The SMILES string of the molecule is CCCOC1CCCN(S(=O)(=O)c2cc(C)c(OC)cc2C)C1. The van der Waals surface area contributed by atoms with Crippen molar-refractivity contribution in [2.45, 2.75) is 51.0 Å². The van der Waals surface area contributed by atoms with E-state index in [1.807, 2.05) is 13.8 Å². The molecular weight excluding hydrogens is 314 g/mol.